The van der Waals surface area contributed by atoms with Crippen LogP contribution in [0.5, 0.6) is 5.75 Å². The van der Waals surface area contributed by atoms with E-state index in [1.807, 2.05) is 12.1 Å². The molecule has 0 heterocycles. The number of phenols is 1. The highest BCUT2D eigenvalue weighted by Crippen LogP contribution is 2.44. The third kappa shape index (κ3) is 6.20. The quantitative estimate of drug-likeness (QED) is 0.438. The smallest absolute Gasteiger partial charge is 0.119 e. The van der Waals surface area contributed by atoms with Crippen molar-refractivity contribution in [1.29, 1.82) is 0 Å². The number of hydrogen-bond acceptors (Lipinski definition) is 4. The summed E-state index contributed by atoms with van der Waals surface area (Å²) in [6.07, 6.45) is 7.52. The van der Waals surface area contributed by atoms with Crippen molar-refractivity contribution in [2.75, 3.05) is 6.61 Å². The number of unbranched alkanes of at least 4 members (excludes halogenated alkanes) is 3. The first-order valence-corrected chi connectivity index (χ1v) is 11.1. The Kier molecular flexibility index (Phi) is 8.79. The maximum absolute atomic E-state index is 10.8. The largest absolute Gasteiger partial charge is 0.508 e. The molecule has 2 rings (SSSR count). The molecule has 4 nitrogen and oxygen atoms in total. The first-order chi connectivity index (χ1) is 13.3. The van der Waals surface area contributed by atoms with Gasteiger partial charge in [0.25, 0.3) is 0 Å². The molecule has 0 aliphatic heterocycles. The molecule has 4 heteroatoms. The second-order valence-electron chi connectivity index (χ2n) is 9.37. The van der Waals surface area contributed by atoms with Crippen LogP contribution in [0, 0.1) is 5.92 Å². The van der Waals surface area contributed by atoms with Gasteiger partial charge in [-0.2, -0.15) is 0 Å². The molecule has 4 unspecified atom stereocenters. The lowest BCUT2D eigenvalue weighted by Gasteiger charge is -2.36. The monoisotopic (exact) mass is 392 g/mol. The van der Waals surface area contributed by atoms with Gasteiger partial charge in [-0.3, -0.25) is 0 Å². The molecule has 0 aromatic heterocycles. The molecule has 160 valence electrons. The molecule has 0 spiro atoms. The minimum atomic E-state index is -0.744. The van der Waals surface area contributed by atoms with Gasteiger partial charge in [-0.1, -0.05) is 58.6 Å². The van der Waals surface area contributed by atoms with Crippen LogP contribution in [0.4, 0.5) is 0 Å². The van der Waals surface area contributed by atoms with Gasteiger partial charge in [-0.15, -0.1) is 0 Å². The summed E-state index contributed by atoms with van der Waals surface area (Å²) in [6, 6.07) is 6.03. The fourth-order valence-electron chi connectivity index (χ4n) is 4.71. The van der Waals surface area contributed by atoms with Gasteiger partial charge in [0.2, 0.25) is 0 Å². The van der Waals surface area contributed by atoms with Crippen molar-refractivity contribution in [2.24, 2.45) is 5.92 Å². The Hall–Kier alpha value is -1.10. The minimum Gasteiger partial charge on any atom is -0.508 e. The molecule has 0 bridgehead atoms. The van der Waals surface area contributed by atoms with E-state index in [9.17, 15) is 20.4 Å². The molecule has 0 radical (unpaired) electrons. The SMILES string of the molecule is CCCCCCC(C)(C)c1ccc(C2CC(O)CCC2CC(O)CO)c(O)c1. The molecule has 1 aromatic carbocycles. The lowest BCUT2D eigenvalue weighted by molar-refractivity contribution is 0.0411. The third-order valence-corrected chi connectivity index (χ3v) is 6.62. The Labute approximate surface area is 170 Å². The molecule has 28 heavy (non-hydrogen) atoms. The van der Waals surface area contributed by atoms with Crippen molar-refractivity contribution in [3.63, 3.8) is 0 Å². The Balaban J connectivity index is 2.16. The number of rotatable bonds is 10. The van der Waals surface area contributed by atoms with Gasteiger partial charge in [0, 0.05) is 0 Å². The van der Waals surface area contributed by atoms with E-state index < -0.39 is 6.10 Å². The van der Waals surface area contributed by atoms with Gasteiger partial charge in [0.1, 0.15) is 5.75 Å². The third-order valence-electron chi connectivity index (χ3n) is 6.62. The number of aromatic hydroxyl groups is 1. The van der Waals surface area contributed by atoms with Gasteiger partial charge in [0.05, 0.1) is 18.8 Å². The lowest BCUT2D eigenvalue weighted by Crippen LogP contribution is -2.30. The van der Waals surface area contributed by atoms with Crippen LogP contribution in [0.15, 0.2) is 18.2 Å². The molecule has 1 saturated carbocycles. The van der Waals surface area contributed by atoms with E-state index in [0.29, 0.717) is 25.0 Å². The molecule has 4 atom stereocenters. The Morgan fingerprint density at radius 1 is 1.14 bits per heavy atom. The normalized spacial score (nSPS) is 24.3. The van der Waals surface area contributed by atoms with Gasteiger partial charge in [-0.25, -0.2) is 0 Å². The fourth-order valence-corrected chi connectivity index (χ4v) is 4.71. The van der Waals surface area contributed by atoms with Crippen LogP contribution in [0.2, 0.25) is 0 Å². The summed E-state index contributed by atoms with van der Waals surface area (Å²) in [4.78, 5) is 0. The molecule has 4 N–H and O–H groups in total. The first-order valence-electron chi connectivity index (χ1n) is 11.1. The summed E-state index contributed by atoms with van der Waals surface area (Å²) in [5.41, 5.74) is 2.02. The molecule has 1 aliphatic rings. The maximum atomic E-state index is 10.8. The number of phenolic OH excluding ortho intramolecular Hbond substituents is 1. The van der Waals surface area contributed by atoms with E-state index in [2.05, 4.69) is 26.8 Å². The molecule has 1 fully saturated rings. The highest BCUT2D eigenvalue weighted by molar-refractivity contribution is 5.42. The topological polar surface area (TPSA) is 80.9 Å². The van der Waals surface area contributed by atoms with Crippen molar-refractivity contribution in [2.45, 2.75) is 102 Å². The van der Waals surface area contributed by atoms with Crippen LogP contribution in [-0.4, -0.2) is 39.2 Å². The van der Waals surface area contributed by atoms with E-state index in [4.69, 9.17) is 0 Å². The van der Waals surface area contributed by atoms with Crippen LogP contribution in [0.25, 0.3) is 0 Å². The van der Waals surface area contributed by atoms with Crippen molar-refractivity contribution < 1.29 is 20.4 Å². The van der Waals surface area contributed by atoms with Gasteiger partial charge >= 0.3 is 0 Å². The minimum absolute atomic E-state index is 0.00617. The average Bonchev–Trinajstić information content (AvgIpc) is 2.66. The molecule has 0 amide bonds. The van der Waals surface area contributed by atoms with Crippen LogP contribution >= 0.6 is 0 Å². The number of hydrogen-bond donors (Lipinski definition) is 4. The van der Waals surface area contributed by atoms with Gasteiger partial charge < -0.3 is 20.4 Å². The van der Waals surface area contributed by atoms with Gasteiger partial charge in [-0.05, 0) is 66.5 Å². The van der Waals surface area contributed by atoms with Crippen LogP contribution in [-0.2, 0) is 5.41 Å². The number of aliphatic hydroxyl groups is 3. The number of aliphatic hydroxyl groups excluding tert-OH is 3. The summed E-state index contributed by atoms with van der Waals surface area (Å²) < 4.78 is 0. The summed E-state index contributed by atoms with van der Waals surface area (Å²) in [7, 11) is 0. The van der Waals surface area contributed by atoms with Gasteiger partial charge in [0.15, 0.2) is 0 Å². The fraction of sp³-hybridized carbons (Fsp3) is 0.750. The highest BCUT2D eigenvalue weighted by atomic mass is 16.3. The molecular formula is C24H40O4. The molecular weight excluding hydrogens is 352 g/mol. The summed E-state index contributed by atoms with van der Waals surface area (Å²) in [5.74, 6) is 0.456. The summed E-state index contributed by atoms with van der Waals surface area (Å²) >= 11 is 0. The Morgan fingerprint density at radius 2 is 1.89 bits per heavy atom. The molecule has 1 aliphatic carbocycles. The summed E-state index contributed by atoms with van der Waals surface area (Å²) in [5, 5.41) is 40.1. The predicted molar refractivity (Wildman–Crippen MR) is 114 cm³/mol. The van der Waals surface area contributed by atoms with Crippen molar-refractivity contribution in [3.8, 4) is 5.75 Å². The maximum Gasteiger partial charge on any atom is 0.119 e. The van der Waals surface area contributed by atoms with E-state index in [1.54, 1.807) is 0 Å². The zero-order chi connectivity index (χ0) is 20.7. The second kappa shape index (κ2) is 10.6. The molecule has 0 saturated heterocycles. The van der Waals surface area contributed by atoms with Crippen molar-refractivity contribution >= 4 is 0 Å². The lowest BCUT2D eigenvalue weighted by atomic mass is 9.71. The van der Waals surface area contributed by atoms with Crippen LogP contribution < -0.4 is 0 Å². The first kappa shape index (κ1) is 23.2. The Morgan fingerprint density at radius 3 is 2.54 bits per heavy atom. The number of benzene rings is 1. The van der Waals surface area contributed by atoms with E-state index >= 15 is 0 Å². The zero-order valence-corrected chi connectivity index (χ0v) is 17.9. The van der Waals surface area contributed by atoms with Crippen LogP contribution in [0.1, 0.15) is 95.6 Å². The van der Waals surface area contributed by atoms with Crippen molar-refractivity contribution in [3.05, 3.63) is 29.3 Å². The van der Waals surface area contributed by atoms with Crippen LogP contribution in [0.3, 0.4) is 0 Å². The summed E-state index contributed by atoms with van der Waals surface area (Å²) in [6.45, 7) is 6.44. The second-order valence-corrected chi connectivity index (χ2v) is 9.37. The van der Waals surface area contributed by atoms with E-state index in [1.165, 1.54) is 25.7 Å². The average molecular weight is 393 g/mol. The highest BCUT2D eigenvalue weighted by Gasteiger charge is 2.34. The zero-order valence-electron chi connectivity index (χ0n) is 17.9. The van der Waals surface area contributed by atoms with Crippen molar-refractivity contribution in [1.82, 2.24) is 0 Å². The van der Waals surface area contributed by atoms with E-state index in [-0.39, 0.29) is 30.0 Å². The predicted octanol–water partition coefficient (Wildman–Crippen LogP) is 4.63. The molecule has 1 aromatic rings. The Bertz CT molecular complexity index is 598. The standard InChI is InChI=1S/C24H40O4/c1-4-5-6-7-12-24(2,3)18-9-11-21(23(28)14-18)22-15-19(26)10-8-17(22)13-20(27)16-25/h9,11,14,17,19-20,22,25-28H,4-8,10,12-13,15-16H2,1-3H3. The van der Waals surface area contributed by atoms with E-state index in [0.717, 1.165) is 24.0 Å².